The molecule has 0 fully saturated rings. The molecule has 0 radical (unpaired) electrons. The van der Waals surface area contributed by atoms with Crippen molar-refractivity contribution in [2.75, 3.05) is 9.80 Å². The van der Waals surface area contributed by atoms with E-state index in [4.69, 9.17) is 2.74 Å². The van der Waals surface area contributed by atoms with Crippen molar-refractivity contribution in [1.82, 2.24) is 4.57 Å². The molecule has 4 heteroatoms. The first-order valence-electron chi connectivity index (χ1n) is 56.8. The van der Waals surface area contributed by atoms with E-state index in [0.717, 1.165) is 4.57 Å². The Morgan fingerprint density at radius 1 is 0.246 bits per heavy atom. The van der Waals surface area contributed by atoms with Gasteiger partial charge >= 0.3 is 0 Å². The van der Waals surface area contributed by atoms with Crippen molar-refractivity contribution in [3.8, 4) is 72.4 Å². The Morgan fingerprint density at radius 3 is 0.851 bits per heavy atom. The van der Waals surface area contributed by atoms with Gasteiger partial charge in [-0.1, -0.05) is 372 Å². The van der Waals surface area contributed by atoms with Crippen LogP contribution in [0.25, 0.3) is 94.3 Å². The van der Waals surface area contributed by atoms with E-state index in [9.17, 15) is 46.6 Å². The second-order valence-corrected chi connectivity index (χ2v) is 38.3. The summed E-state index contributed by atoms with van der Waals surface area (Å²) in [5.41, 5.74) is -21.4. The molecule has 0 saturated heterocycles. The van der Waals surface area contributed by atoms with Crippen LogP contribution >= 0.6 is 0 Å². The van der Waals surface area contributed by atoms with Crippen LogP contribution in [0.4, 0.5) is 34.1 Å². The van der Waals surface area contributed by atoms with Crippen LogP contribution in [0.15, 0.2) is 266 Å². The molecule has 14 aromatic rings. The molecular weight excluding hydrogens is 1370 g/mol. The van der Waals surface area contributed by atoms with Crippen LogP contribution < -0.4 is 26.2 Å². The SMILES string of the molecule is [2H]c1c([2H])c([2H])c(-c2ccc3c(c2)N(c2c(-c4c([2H])c([2H])c(C(C)(C)C)c([2H])c4[2H])c([2H])c(C(C)(C)C)c([2H])c2-c2c([2H])c(C(C)(C)C)c([2H])c(C(C)(C)C)c2[2H])c2cc(-n4c5c([2H])c([2H])c([2H])c([2H])c5c5c([2H])c([2H])c([2H])c([2H])c54)cc4c2B3c2ccc(-c3c([2H])c([2H])c([2H])c([2H])c3[2H])cc2N4c2c(-c3c([2H])c([2H])c(C(C)(C)C)c([2H])c3[2H])c([2H])c(C(C)(C)C)c([2H])c2-c2c([2H])c(C(C)(C)C)c([2H])c(C(C)(C)C)c2[2H])c([2H])c1[2H]. The lowest BCUT2D eigenvalue weighted by Gasteiger charge is -2.46. The van der Waals surface area contributed by atoms with E-state index in [1.165, 1.54) is 58.3 Å². The number of para-hydroxylation sites is 2. The largest absolute Gasteiger partial charge is 0.310 e. The first-order chi connectivity index (χ1) is 68.7. The third-order valence-corrected chi connectivity index (χ3v) is 21.1. The Labute approximate surface area is 732 Å². The van der Waals surface area contributed by atoms with Crippen LogP contribution in [0.3, 0.4) is 0 Å². The van der Waals surface area contributed by atoms with Crippen LogP contribution in [-0.4, -0.2) is 11.3 Å². The van der Waals surface area contributed by atoms with Crippen LogP contribution in [0, 0.1) is 0 Å². The zero-order chi connectivity index (χ0) is 112. The van der Waals surface area contributed by atoms with E-state index in [0.29, 0.717) is 0 Å². The lowest BCUT2D eigenvalue weighted by Crippen LogP contribution is -2.61. The summed E-state index contributed by atoms with van der Waals surface area (Å²) in [6, 6.07) is -15.2. The maximum Gasteiger partial charge on any atom is 0.252 e. The van der Waals surface area contributed by atoms with Gasteiger partial charge in [0.15, 0.2) is 0 Å². The molecule has 114 heavy (non-hydrogen) atoms. The summed E-state index contributed by atoms with van der Waals surface area (Å²) in [5, 5.41) is -1.04. The Kier molecular flexibility index (Phi) is 11.0. The van der Waals surface area contributed by atoms with E-state index in [-0.39, 0.29) is 95.5 Å². The lowest BCUT2D eigenvalue weighted by atomic mass is 9.33. The van der Waals surface area contributed by atoms with Crippen molar-refractivity contribution in [3.05, 3.63) is 311 Å². The number of nitrogens with zero attached hydrogens (tertiary/aromatic N) is 3. The summed E-state index contributed by atoms with van der Waals surface area (Å²) in [6.07, 6.45) is 0. The molecular formula is C110H116BN3. The van der Waals surface area contributed by atoms with Crippen molar-refractivity contribution in [2.45, 2.75) is 209 Å². The molecule has 574 valence electrons. The molecule has 13 aromatic carbocycles. The summed E-state index contributed by atoms with van der Waals surface area (Å²) in [4.78, 5) is 2.75. The molecule has 16 rings (SSSR count). The minimum atomic E-state index is -1.66. The molecule has 0 unspecified atom stereocenters. The lowest BCUT2D eigenvalue weighted by molar-refractivity contribution is 0.568. The topological polar surface area (TPSA) is 11.4 Å². The maximum absolute atomic E-state index is 11.7. The number of hydrogen-bond donors (Lipinski definition) is 0. The molecule has 3 nitrogen and oxygen atoms in total. The number of fused-ring (bicyclic) bond motifs is 7. The Morgan fingerprint density at radius 2 is 0.535 bits per heavy atom. The highest BCUT2D eigenvalue weighted by Crippen LogP contribution is 2.57. The van der Waals surface area contributed by atoms with Gasteiger partial charge in [0.2, 0.25) is 0 Å². The summed E-state index contributed by atoms with van der Waals surface area (Å²) >= 11 is 0. The predicted molar refractivity (Wildman–Crippen MR) is 497 cm³/mol. The molecule has 3 heterocycles. The van der Waals surface area contributed by atoms with Gasteiger partial charge in [0.05, 0.1) is 77.4 Å². The molecule has 0 amide bonds. The zero-order valence-electron chi connectivity index (χ0n) is 106. The fourth-order valence-corrected chi connectivity index (χ4v) is 14.6. The summed E-state index contributed by atoms with van der Waals surface area (Å²) < 4.78 is 374. The number of rotatable bonds is 9. The first kappa shape index (κ1) is 45.4. The van der Waals surface area contributed by atoms with Gasteiger partial charge < -0.3 is 14.4 Å². The van der Waals surface area contributed by atoms with Gasteiger partial charge in [-0.25, -0.2) is 0 Å². The van der Waals surface area contributed by atoms with Crippen LogP contribution in [0.5, 0.6) is 0 Å². The van der Waals surface area contributed by atoms with E-state index >= 15 is 0 Å². The molecule has 0 bridgehead atoms. The molecule has 0 saturated carbocycles. The molecule has 1 aromatic heterocycles. The molecule has 2 aliphatic rings. The Bertz CT molecular complexity index is 7730. The molecule has 0 aliphatic carbocycles. The van der Waals surface area contributed by atoms with Crippen molar-refractivity contribution in [1.29, 1.82) is 0 Å². The van der Waals surface area contributed by atoms with Gasteiger partial charge in [-0.3, -0.25) is 0 Å². The van der Waals surface area contributed by atoms with Crippen molar-refractivity contribution in [3.63, 3.8) is 0 Å². The predicted octanol–water partition coefficient (Wildman–Crippen LogP) is 29.2. The van der Waals surface area contributed by atoms with Crippen molar-refractivity contribution < 1.29 is 49.3 Å². The second kappa shape index (κ2) is 27.5. The smallest absolute Gasteiger partial charge is 0.252 e. The van der Waals surface area contributed by atoms with Gasteiger partial charge in [0.1, 0.15) is 0 Å². The van der Waals surface area contributed by atoms with Crippen molar-refractivity contribution in [2.24, 2.45) is 0 Å². The van der Waals surface area contributed by atoms with Gasteiger partial charge in [0, 0.05) is 55.8 Å². The highest BCUT2D eigenvalue weighted by atomic mass is 15.2. The minimum absolute atomic E-state index is 0.00747. The second-order valence-electron chi connectivity index (χ2n) is 38.3. The van der Waals surface area contributed by atoms with Crippen LogP contribution in [-0.2, 0) is 43.3 Å². The average molecular weight is 1530 g/mol. The first-order valence-corrected chi connectivity index (χ1v) is 38.8. The Hall–Kier alpha value is -10.7. The fraction of sp³-hybridized carbons (Fsp3) is 0.291. The minimum Gasteiger partial charge on any atom is -0.310 e. The normalized spacial score (nSPS) is 18.0. The van der Waals surface area contributed by atoms with Gasteiger partial charge in [-0.2, -0.15) is 0 Å². The highest BCUT2D eigenvalue weighted by Gasteiger charge is 2.47. The fourth-order valence-electron chi connectivity index (χ4n) is 14.6. The molecule has 0 atom stereocenters. The molecule has 0 N–H and O–H groups in total. The van der Waals surface area contributed by atoms with Crippen molar-refractivity contribution >= 4 is 79.0 Å². The summed E-state index contributed by atoms with van der Waals surface area (Å²) in [7, 11) is 0. The number of benzene rings is 13. The van der Waals surface area contributed by atoms with E-state index in [2.05, 4.69) is 0 Å². The summed E-state index contributed by atoms with van der Waals surface area (Å²) in [5.74, 6) is 0. The summed E-state index contributed by atoms with van der Waals surface area (Å²) in [6.45, 7) is 39.0. The highest BCUT2D eigenvalue weighted by molar-refractivity contribution is 7.00. The van der Waals surface area contributed by atoms with Crippen LogP contribution in [0.2, 0.25) is 0 Å². The van der Waals surface area contributed by atoms with Crippen LogP contribution in [0.1, 0.15) is 260 Å². The average Bonchev–Trinajstić information content (AvgIpc) is 0.873. The monoisotopic (exact) mass is 1530 g/mol. The number of hydrogen-bond acceptors (Lipinski definition) is 2. The molecule has 0 spiro atoms. The number of aromatic nitrogens is 1. The standard InChI is InChI=1S/C110H116BN3/c1-103(2,3)77-49-43-71(44-50-77)88-63-83(109(19,20)21)65-90(75-55-79(105(7,8)9)61-80(56-75)106(10,11)12)101(88)113-96-59-73(69-35-27-25-28-36-69)47-53-92(96)111-93-54-48-74(70-37-29-26-30-38-70)60-97(93)114(99-68-85(67-98(113)100(99)111)112-94-41-33-31-39-86(94)87-40-32-34-42-95(87)112)102-89(72-45-51-78(52-46-72)104(4,5)6)64-84(110(22,23)24)66-91(102)76-57-81(107(13,14)15)62-82(58-76)108(16,17)18/h25-68H,1-24H3/i25D,26D,27D,28D,29D,30D,31D,32D,33D,34D,35D,36D,37D,38D,39D,40D,41D,42D,43D,44D,45D,46D,49D,50D,51D,52D,55D,56D,57D,58D,61D,62D,63D,64D,65D,66D. The maximum atomic E-state index is 11.7. The van der Waals surface area contributed by atoms with E-state index < -0.39 is 361 Å². The van der Waals surface area contributed by atoms with Gasteiger partial charge in [-0.15, -0.1) is 0 Å². The number of anilines is 6. The Balaban J connectivity index is 1.36. The quantitative estimate of drug-likeness (QED) is 0.133. The van der Waals surface area contributed by atoms with Gasteiger partial charge in [0.25, 0.3) is 6.71 Å². The molecule has 2 aliphatic heterocycles. The third-order valence-electron chi connectivity index (χ3n) is 21.1. The van der Waals surface area contributed by atoms with E-state index in [1.807, 2.05) is 0 Å². The third kappa shape index (κ3) is 14.1. The zero-order valence-corrected chi connectivity index (χ0v) is 69.5. The van der Waals surface area contributed by atoms with E-state index in [1.54, 1.807) is 166 Å². The van der Waals surface area contributed by atoms with Gasteiger partial charge in [-0.05, 0) is 209 Å².